The second-order valence-electron chi connectivity index (χ2n) is 4.48. The number of hydrogen-bond donors (Lipinski definition) is 3. The molecule has 2 heterocycles. The molecule has 3 aromatic rings. The lowest BCUT2D eigenvalue weighted by Crippen LogP contribution is -2.32. The average Bonchev–Trinajstić information content (AvgIpc) is 3.16. The minimum Gasteiger partial charge on any atom is -0.343 e. The van der Waals surface area contributed by atoms with E-state index in [0.717, 1.165) is 0 Å². The van der Waals surface area contributed by atoms with Gasteiger partial charge in [-0.05, 0) is 23.6 Å². The zero-order valence-electron chi connectivity index (χ0n) is 11.2. The first-order chi connectivity index (χ1) is 10.6. The molecule has 0 spiro atoms. The number of anilines is 1. The topological polar surface area (TPSA) is 86.9 Å². The van der Waals surface area contributed by atoms with Gasteiger partial charge in [-0.15, -0.1) is 0 Å². The Hall–Kier alpha value is -2.38. The molecule has 22 heavy (non-hydrogen) atoms. The molecule has 0 aliphatic carbocycles. The maximum Gasteiger partial charge on any atom is 0.252 e. The van der Waals surface area contributed by atoms with Crippen LogP contribution in [0.4, 0.5) is 5.82 Å². The zero-order chi connectivity index (χ0) is 15.5. The Morgan fingerprint density at radius 2 is 2.18 bits per heavy atom. The molecule has 0 aliphatic rings. The smallest absolute Gasteiger partial charge is 0.252 e. The molecule has 0 aliphatic heterocycles. The molecule has 2 amide bonds. The first-order valence-corrected chi connectivity index (χ1v) is 7.70. The number of hydrogen-bond acceptors (Lipinski definition) is 4. The third-order valence-electron chi connectivity index (χ3n) is 3.00. The summed E-state index contributed by atoms with van der Waals surface area (Å²) in [4.78, 5) is 23.6. The third-order valence-corrected chi connectivity index (χ3v) is 4.00. The highest BCUT2D eigenvalue weighted by atomic mass is 35.5. The number of H-pyrrole nitrogens is 1. The number of nitrogens with one attached hydrogen (secondary N) is 3. The van der Waals surface area contributed by atoms with Gasteiger partial charge in [0.2, 0.25) is 5.91 Å². The van der Waals surface area contributed by atoms with Crippen molar-refractivity contribution in [3.8, 4) is 0 Å². The predicted molar refractivity (Wildman–Crippen MR) is 86.4 cm³/mol. The minimum atomic E-state index is -0.364. The molecule has 2 aromatic heterocycles. The van der Waals surface area contributed by atoms with Crippen molar-refractivity contribution in [2.75, 3.05) is 11.9 Å². The Labute approximate surface area is 134 Å². The molecule has 6 nitrogen and oxygen atoms in total. The summed E-state index contributed by atoms with van der Waals surface area (Å²) in [7, 11) is 0. The summed E-state index contributed by atoms with van der Waals surface area (Å²) in [6.45, 7) is -0.135. The lowest BCUT2D eigenvalue weighted by atomic mass is 10.2. The maximum atomic E-state index is 11.9. The van der Waals surface area contributed by atoms with E-state index in [9.17, 15) is 9.59 Å². The zero-order valence-corrected chi connectivity index (χ0v) is 12.8. The van der Waals surface area contributed by atoms with Gasteiger partial charge in [0, 0.05) is 16.3 Å². The molecular weight excluding hydrogens is 324 g/mol. The van der Waals surface area contributed by atoms with E-state index in [-0.39, 0.29) is 18.4 Å². The fraction of sp³-hybridized carbons (Fsp3) is 0.0714. The van der Waals surface area contributed by atoms with Gasteiger partial charge in [-0.2, -0.15) is 16.4 Å². The van der Waals surface area contributed by atoms with E-state index in [1.807, 2.05) is 0 Å². The highest BCUT2D eigenvalue weighted by molar-refractivity contribution is 7.08. The Kier molecular flexibility index (Phi) is 4.08. The lowest BCUT2D eigenvalue weighted by molar-refractivity contribution is -0.115. The number of rotatable bonds is 4. The summed E-state index contributed by atoms with van der Waals surface area (Å²) in [6, 6.07) is 6.99. The standard InChI is InChI=1S/C14H11ClN4O2S/c15-10-3-1-2-9-12(10)18-19-13(9)17-11(20)6-16-14(21)8-4-5-22-7-8/h1-5,7H,6H2,(H,16,21)(H2,17,18,19,20). The van der Waals surface area contributed by atoms with Crippen LogP contribution in [-0.4, -0.2) is 28.6 Å². The van der Waals surface area contributed by atoms with Crippen molar-refractivity contribution < 1.29 is 9.59 Å². The molecular formula is C14H11ClN4O2S. The van der Waals surface area contributed by atoms with Crippen molar-refractivity contribution in [1.29, 1.82) is 0 Å². The Bertz CT molecular complexity index is 829. The molecule has 8 heteroatoms. The second-order valence-corrected chi connectivity index (χ2v) is 5.66. The van der Waals surface area contributed by atoms with Crippen molar-refractivity contribution in [1.82, 2.24) is 15.5 Å². The normalized spacial score (nSPS) is 10.6. The predicted octanol–water partition coefficient (Wildman–Crippen LogP) is 2.65. The fourth-order valence-corrected chi connectivity index (χ4v) is 2.79. The van der Waals surface area contributed by atoms with E-state index in [2.05, 4.69) is 20.8 Å². The van der Waals surface area contributed by atoms with E-state index in [1.54, 1.807) is 35.0 Å². The summed E-state index contributed by atoms with van der Waals surface area (Å²) < 4.78 is 0. The fourth-order valence-electron chi connectivity index (χ4n) is 1.93. The van der Waals surface area contributed by atoms with Crippen LogP contribution < -0.4 is 10.6 Å². The van der Waals surface area contributed by atoms with E-state index in [4.69, 9.17) is 11.6 Å². The molecule has 0 atom stereocenters. The number of amides is 2. The van der Waals surface area contributed by atoms with Crippen LogP contribution in [0.2, 0.25) is 5.02 Å². The number of fused-ring (bicyclic) bond motifs is 1. The summed E-state index contributed by atoms with van der Waals surface area (Å²) in [5.41, 5.74) is 1.19. The molecule has 0 unspecified atom stereocenters. The molecule has 3 N–H and O–H groups in total. The first kappa shape index (κ1) is 14.6. The van der Waals surface area contributed by atoms with Crippen LogP contribution in [0.25, 0.3) is 10.9 Å². The van der Waals surface area contributed by atoms with Crippen molar-refractivity contribution in [3.05, 3.63) is 45.6 Å². The lowest BCUT2D eigenvalue weighted by Gasteiger charge is -2.04. The van der Waals surface area contributed by atoms with E-state index in [1.165, 1.54) is 11.3 Å². The number of thiophene rings is 1. The molecule has 0 radical (unpaired) electrons. The molecule has 0 bridgehead atoms. The number of halogens is 1. The van der Waals surface area contributed by atoms with Gasteiger partial charge in [-0.3, -0.25) is 14.7 Å². The highest BCUT2D eigenvalue weighted by Gasteiger charge is 2.12. The second kappa shape index (κ2) is 6.17. The number of benzene rings is 1. The number of carbonyl (C=O) groups is 2. The number of nitrogens with zero attached hydrogens (tertiary/aromatic N) is 1. The van der Waals surface area contributed by atoms with Crippen molar-refractivity contribution in [3.63, 3.8) is 0 Å². The molecule has 3 rings (SSSR count). The third kappa shape index (κ3) is 2.95. The number of carbonyl (C=O) groups excluding carboxylic acids is 2. The molecule has 1 aromatic carbocycles. The molecule has 112 valence electrons. The quantitative estimate of drug-likeness (QED) is 0.685. The van der Waals surface area contributed by atoms with Crippen LogP contribution in [0.3, 0.4) is 0 Å². The summed E-state index contributed by atoms with van der Waals surface area (Å²) in [5.74, 6) is -0.268. The SMILES string of the molecule is O=C(CNC(=O)c1ccsc1)Nc1n[nH]c2c(Cl)cccc12. The monoisotopic (exact) mass is 334 g/mol. The number of aromatic amines is 1. The van der Waals surface area contributed by atoms with Crippen LogP contribution in [-0.2, 0) is 4.79 Å². The Morgan fingerprint density at radius 3 is 2.95 bits per heavy atom. The minimum absolute atomic E-state index is 0.135. The van der Waals surface area contributed by atoms with Gasteiger partial charge in [-0.25, -0.2) is 0 Å². The van der Waals surface area contributed by atoms with Gasteiger partial charge in [0.1, 0.15) is 0 Å². The Balaban J connectivity index is 1.64. The van der Waals surface area contributed by atoms with Gasteiger partial charge in [0.25, 0.3) is 5.91 Å². The van der Waals surface area contributed by atoms with Crippen LogP contribution in [0.1, 0.15) is 10.4 Å². The maximum absolute atomic E-state index is 11.9. The molecule has 0 saturated carbocycles. The van der Waals surface area contributed by atoms with Crippen molar-refractivity contribution in [2.24, 2.45) is 0 Å². The highest BCUT2D eigenvalue weighted by Crippen LogP contribution is 2.26. The largest absolute Gasteiger partial charge is 0.343 e. The van der Waals surface area contributed by atoms with Gasteiger partial charge in [0.05, 0.1) is 17.1 Å². The summed E-state index contributed by atoms with van der Waals surface area (Å²) in [6.07, 6.45) is 0. The van der Waals surface area contributed by atoms with Crippen LogP contribution in [0.15, 0.2) is 35.0 Å². The van der Waals surface area contributed by atoms with Gasteiger partial charge in [-0.1, -0.05) is 17.7 Å². The van der Waals surface area contributed by atoms with Crippen LogP contribution in [0.5, 0.6) is 0 Å². The van der Waals surface area contributed by atoms with Crippen LogP contribution >= 0.6 is 22.9 Å². The van der Waals surface area contributed by atoms with Gasteiger partial charge in [0.15, 0.2) is 5.82 Å². The average molecular weight is 335 g/mol. The van der Waals surface area contributed by atoms with E-state index in [0.29, 0.717) is 27.3 Å². The molecule has 0 saturated heterocycles. The number of aromatic nitrogens is 2. The Morgan fingerprint density at radius 1 is 1.32 bits per heavy atom. The van der Waals surface area contributed by atoms with Gasteiger partial charge < -0.3 is 10.6 Å². The molecule has 0 fully saturated rings. The van der Waals surface area contributed by atoms with Crippen molar-refractivity contribution >= 4 is 51.5 Å². The summed E-state index contributed by atoms with van der Waals surface area (Å²) in [5, 5.41) is 16.7. The van der Waals surface area contributed by atoms with E-state index >= 15 is 0 Å². The van der Waals surface area contributed by atoms with Gasteiger partial charge >= 0.3 is 0 Å². The first-order valence-electron chi connectivity index (χ1n) is 6.38. The summed E-state index contributed by atoms with van der Waals surface area (Å²) >= 11 is 7.45. The van der Waals surface area contributed by atoms with Crippen LogP contribution in [0, 0.1) is 0 Å². The van der Waals surface area contributed by atoms with Crippen molar-refractivity contribution in [2.45, 2.75) is 0 Å². The van der Waals surface area contributed by atoms with E-state index < -0.39 is 0 Å². The number of para-hydroxylation sites is 1.